The lowest BCUT2D eigenvalue weighted by Crippen LogP contribution is -2.48. The fourth-order valence-electron chi connectivity index (χ4n) is 2.66. The van der Waals surface area contributed by atoms with Crippen LogP contribution in [0.15, 0.2) is 12.3 Å². The maximum atomic E-state index is 13.7. The molecule has 0 aliphatic heterocycles. The number of esters is 3. The van der Waals surface area contributed by atoms with Gasteiger partial charge in [0, 0.05) is 12.8 Å². The molecular formula is C28H50O8. The summed E-state index contributed by atoms with van der Waals surface area (Å²) in [5, 5.41) is 0. The zero-order chi connectivity index (χ0) is 28.6. The molecule has 0 aromatic rings. The van der Waals surface area contributed by atoms with Gasteiger partial charge in [-0.1, -0.05) is 27.4 Å². The average Bonchev–Trinajstić information content (AvgIpc) is 2.73. The lowest BCUT2D eigenvalue weighted by atomic mass is 9.78. The van der Waals surface area contributed by atoms with E-state index >= 15 is 0 Å². The van der Waals surface area contributed by atoms with Crippen LogP contribution in [0.3, 0.4) is 0 Å². The molecule has 210 valence electrons. The molecule has 0 amide bonds. The Balaban J connectivity index is 6.41. The van der Waals surface area contributed by atoms with Gasteiger partial charge in [0.05, 0.1) is 0 Å². The Morgan fingerprint density at radius 2 is 1.06 bits per heavy atom. The highest BCUT2D eigenvalue weighted by Gasteiger charge is 2.52. The van der Waals surface area contributed by atoms with Crippen LogP contribution in [0.5, 0.6) is 0 Å². The number of carbonyl (C=O) groups excluding carboxylic acids is 3. The zero-order valence-electron chi connectivity index (χ0n) is 24.7. The minimum atomic E-state index is -1.90. The molecule has 36 heavy (non-hydrogen) atoms. The molecule has 0 heterocycles. The molecule has 0 unspecified atom stereocenters. The molecule has 0 saturated heterocycles. The highest BCUT2D eigenvalue weighted by atomic mass is 17.2. The maximum absolute atomic E-state index is 13.7. The van der Waals surface area contributed by atoms with Crippen LogP contribution >= 0.6 is 0 Å². The summed E-state index contributed by atoms with van der Waals surface area (Å²) in [7, 11) is 0. The number of allylic oxidation sites excluding steroid dienone is 1. The Bertz CT molecular complexity index is 741. The Hall–Kier alpha value is -2.09. The Labute approximate surface area is 218 Å². The van der Waals surface area contributed by atoms with Gasteiger partial charge in [-0.05, 0) is 88.0 Å². The number of ether oxygens (including phenoxy) is 3. The Morgan fingerprint density at radius 3 is 1.42 bits per heavy atom. The van der Waals surface area contributed by atoms with E-state index in [1.165, 1.54) is 0 Å². The highest BCUT2D eigenvalue weighted by molar-refractivity contribution is 6.01. The molecular weight excluding hydrogens is 464 g/mol. The number of rotatable bonds is 15. The van der Waals surface area contributed by atoms with Gasteiger partial charge < -0.3 is 19.1 Å². The summed E-state index contributed by atoms with van der Waals surface area (Å²) in [5.41, 5.74) is -4.93. The Morgan fingerprint density at radius 1 is 0.667 bits per heavy atom. The minimum absolute atomic E-state index is 0.0321. The van der Waals surface area contributed by atoms with Gasteiger partial charge in [-0.2, -0.15) is 4.89 Å². The van der Waals surface area contributed by atoms with Crippen molar-refractivity contribution in [2.24, 2.45) is 5.41 Å². The van der Waals surface area contributed by atoms with Gasteiger partial charge in [-0.25, -0.2) is 0 Å². The largest absolute Gasteiger partial charge is 0.460 e. The van der Waals surface area contributed by atoms with E-state index in [2.05, 4.69) is 6.58 Å². The van der Waals surface area contributed by atoms with Crippen LogP contribution in [0.2, 0.25) is 0 Å². The lowest BCUT2D eigenvalue weighted by Gasteiger charge is -2.36. The van der Waals surface area contributed by atoms with E-state index in [0.717, 1.165) is 0 Å². The van der Waals surface area contributed by atoms with Crippen molar-refractivity contribution in [3.63, 3.8) is 0 Å². The van der Waals surface area contributed by atoms with E-state index in [9.17, 15) is 14.4 Å². The summed E-state index contributed by atoms with van der Waals surface area (Å²) >= 11 is 0. The molecule has 0 atom stereocenters. The van der Waals surface area contributed by atoms with Crippen molar-refractivity contribution >= 4 is 17.9 Å². The van der Waals surface area contributed by atoms with E-state index in [1.807, 2.05) is 20.8 Å². The molecule has 0 bridgehead atoms. The van der Waals surface area contributed by atoms with Gasteiger partial charge in [-0.15, -0.1) is 0 Å². The van der Waals surface area contributed by atoms with Crippen molar-refractivity contribution in [1.29, 1.82) is 0 Å². The quantitative estimate of drug-likeness (QED) is 0.0602. The number of carbonyl (C=O) groups is 3. The molecule has 0 aromatic heterocycles. The van der Waals surface area contributed by atoms with Crippen LogP contribution in [0.4, 0.5) is 0 Å². The first-order valence-electron chi connectivity index (χ1n) is 12.9. The van der Waals surface area contributed by atoms with Gasteiger partial charge in [0.15, 0.2) is 5.41 Å². The summed E-state index contributed by atoms with van der Waals surface area (Å²) in [6.07, 6.45) is 0.938. The standard InChI is InChI=1S/C28H50O8/c1-14-25(8,9)32-21(29)17-18-28(22(30)33-26(10,11)15-2,23(31)34-27(12,13)16-3)19-20(4)35-36-24(5,6)7/h4,14-19H2,1-3,5-13H3. The average molecular weight is 515 g/mol. The van der Waals surface area contributed by atoms with Crippen molar-refractivity contribution in [2.45, 2.75) is 144 Å². The first kappa shape index (κ1) is 33.9. The second-order valence-corrected chi connectivity index (χ2v) is 12.2. The van der Waals surface area contributed by atoms with E-state index < -0.39 is 45.7 Å². The molecule has 0 aliphatic rings. The van der Waals surface area contributed by atoms with Crippen molar-refractivity contribution in [3.8, 4) is 0 Å². The molecule has 0 radical (unpaired) electrons. The summed E-state index contributed by atoms with van der Waals surface area (Å²) in [6.45, 7) is 25.5. The van der Waals surface area contributed by atoms with Gasteiger partial charge in [-0.3, -0.25) is 14.4 Å². The van der Waals surface area contributed by atoms with Crippen LogP contribution in [0, 0.1) is 5.41 Å². The summed E-state index contributed by atoms with van der Waals surface area (Å²) < 4.78 is 17.1. The van der Waals surface area contributed by atoms with E-state index in [0.29, 0.717) is 19.3 Å². The summed E-state index contributed by atoms with van der Waals surface area (Å²) in [5.74, 6) is -2.12. The molecule has 8 heteroatoms. The number of hydrogen-bond donors (Lipinski definition) is 0. The lowest BCUT2D eigenvalue weighted by molar-refractivity contribution is -0.323. The molecule has 8 nitrogen and oxygen atoms in total. The van der Waals surface area contributed by atoms with Gasteiger partial charge in [0.1, 0.15) is 28.2 Å². The van der Waals surface area contributed by atoms with Crippen molar-refractivity contribution in [2.75, 3.05) is 0 Å². The van der Waals surface area contributed by atoms with Crippen LogP contribution in [0.1, 0.15) is 122 Å². The van der Waals surface area contributed by atoms with Gasteiger partial charge in [0.25, 0.3) is 0 Å². The molecule has 0 fully saturated rings. The van der Waals surface area contributed by atoms with Crippen LogP contribution in [-0.2, 0) is 38.4 Å². The van der Waals surface area contributed by atoms with Gasteiger partial charge in [0.2, 0.25) is 0 Å². The van der Waals surface area contributed by atoms with Gasteiger partial charge >= 0.3 is 17.9 Å². The molecule has 0 spiro atoms. The third-order valence-electron chi connectivity index (χ3n) is 6.13. The summed E-state index contributed by atoms with van der Waals surface area (Å²) in [4.78, 5) is 50.9. The van der Waals surface area contributed by atoms with E-state index in [1.54, 1.807) is 62.3 Å². The maximum Gasteiger partial charge on any atom is 0.324 e. The predicted octanol–water partition coefficient (Wildman–Crippen LogP) is 6.60. The molecule has 0 aromatic carbocycles. The normalized spacial score (nSPS) is 13.1. The van der Waals surface area contributed by atoms with Crippen LogP contribution < -0.4 is 0 Å². The van der Waals surface area contributed by atoms with Crippen molar-refractivity contribution in [3.05, 3.63) is 12.3 Å². The molecule has 0 rings (SSSR count). The zero-order valence-corrected chi connectivity index (χ0v) is 24.7. The minimum Gasteiger partial charge on any atom is -0.460 e. The first-order chi connectivity index (χ1) is 16.1. The van der Waals surface area contributed by atoms with E-state index in [4.69, 9.17) is 24.0 Å². The second kappa shape index (κ2) is 12.9. The molecule has 0 saturated carbocycles. The van der Waals surface area contributed by atoms with Crippen LogP contribution in [-0.4, -0.2) is 40.3 Å². The fourth-order valence-corrected chi connectivity index (χ4v) is 2.66. The smallest absolute Gasteiger partial charge is 0.324 e. The highest BCUT2D eigenvalue weighted by Crippen LogP contribution is 2.39. The third-order valence-corrected chi connectivity index (χ3v) is 6.13. The molecule has 0 aliphatic carbocycles. The predicted molar refractivity (Wildman–Crippen MR) is 139 cm³/mol. The SMILES string of the molecule is C=C(CC(CCC(=O)OC(C)(C)CC)(C(=O)OC(C)(C)CC)C(=O)OC(C)(C)CC)OOC(C)(C)C. The topological polar surface area (TPSA) is 97.4 Å². The monoisotopic (exact) mass is 514 g/mol. The first-order valence-corrected chi connectivity index (χ1v) is 12.9. The Kier molecular flexibility index (Phi) is 12.2. The van der Waals surface area contributed by atoms with E-state index in [-0.39, 0.29) is 25.0 Å². The molecule has 0 N–H and O–H groups in total. The summed E-state index contributed by atoms with van der Waals surface area (Å²) in [6, 6.07) is 0. The van der Waals surface area contributed by atoms with Crippen molar-refractivity contribution < 1.29 is 38.4 Å². The van der Waals surface area contributed by atoms with Crippen LogP contribution in [0.25, 0.3) is 0 Å². The third kappa shape index (κ3) is 11.8. The number of hydrogen-bond acceptors (Lipinski definition) is 8. The second-order valence-electron chi connectivity index (χ2n) is 12.2. The van der Waals surface area contributed by atoms with Crippen molar-refractivity contribution in [1.82, 2.24) is 0 Å². The fraction of sp³-hybridized carbons (Fsp3) is 0.821.